The van der Waals surface area contributed by atoms with Crippen LogP contribution in [0, 0.1) is 5.82 Å². The van der Waals surface area contributed by atoms with Gasteiger partial charge in [-0.05, 0) is 49.4 Å². The molecule has 0 saturated heterocycles. The molecule has 0 radical (unpaired) electrons. The van der Waals surface area contributed by atoms with Gasteiger partial charge >= 0.3 is 0 Å². The number of nitrogens with one attached hydrogen (secondary N) is 1. The summed E-state index contributed by atoms with van der Waals surface area (Å²) in [6.07, 6.45) is 1.01. The Bertz CT molecular complexity index is 903. The number of methoxy groups -OCH3 is 1. The predicted molar refractivity (Wildman–Crippen MR) is 99.8 cm³/mol. The van der Waals surface area contributed by atoms with Crippen molar-refractivity contribution in [2.75, 3.05) is 23.0 Å². The van der Waals surface area contributed by atoms with Crippen LogP contribution in [-0.4, -0.2) is 33.7 Å². The van der Waals surface area contributed by atoms with Crippen LogP contribution < -0.4 is 14.4 Å². The van der Waals surface area contributed by atoms with Gasteiger partial charge in [0.1, 0.15) is 17.6 Å². The lowest BCUT2D eigenvalue weighted by atomic mass is 10.2. The minimum atomic E-state index is -3.74. The zero-order valence-electron chi connectivity index (χ0n) is 14.4. The number of ether oxygens (including phenoxy) is 1. The van der Waals surface area contributed by atoms with Gasteiger partial charge in [-0.15, -0.1) is 0 Å². The van der Waals surface area contributed by atoms with Crippen molar-refractivity contribution in [2.24, 2.45) is 0 Å². The predicted octanol–water partition coefficient (Wildman–Crippen LogP) is 3.28. The van der Waals surface area contributed by atoms with E-state index in [0.29, 0.717) is 11.4 Å². The Morgan fingerprint density at radius 1 is 1.23 bits per heavy atom. The molecular formula is C17H18ClFN2O4S. The molecule has 140 valence electrons. The first kappa shape index (κ1) is 20.0. The zero-order valence-corrected chi connectivity index (χ0v) is 15.9. The second-order valence-electron chi connectivity index (χ2n) is 5.55. The monoisotopic (exact) mass is 400 g/mol. The van der Waals surface area contributed by atoms with Crippen molar-refractivity contribution in [3.63, 3.8) is 0 Å². The fraction of sp³-hybridized carbons (Fsp3) is 0.235. The smallest absolute Gasteiger partial charge is 0.247 e. The summed E-state index contributed by atoms with van der Waals surface area (Å²) in [4.78, 5) is 12.5. The number of carbonyl (C=O) groups is 1. The van der Waals surface area contributed by atoms with Gasteiger partial charge in [0, 0.05) is 5.69 Å². The first-order chi connectivity index (χ1) is 12.1. The molecule has 0 bridgehead atoms. The summed E-state index contributed by atoms with van der Waals surface area (Å²) in [5.74, 6) is -0.650. The highest BCUT2D eigenvalue weighted by Crippen LogP contribution is 2.25. The molecule has 1 unspecified atom stereocenters. The Hall–Kier alpha value is -2.32. The third-order valence-corrected chi connectivity index (χ3v) is 5.13. The molecule has 0 spiro atoms. The van der Waals surface area contributed by atoms with Gasteiger partial charge < -0.3 is 10.1 Å². The highest BCUT2D eigenvalue weighted by molar-refractivity contribution is 7.92. The molecule has 1 amide bonds. The maximum Gasteiger partial charge on any atom is 0.247 e. The number of hydrogen-bond donors (Lipinski definition) is 1. The highest BCUT2D eigenvalue weighted by Gasteiger charge is 2.29. The lowest BCUT2D eigenvalue weighted by Gasteiger charge is -2.28. The molecule has 2 rings (SSSR count). The average Bonchev–Trinajstić information content (AvgIpc) is 2.57. The Kier molecular flexibility index (Phi) is 6.09. The Labute approximate surface area is 156 Å². The van der Waals surface area contributed by atoms with Crippen LogP contribution >= 0.6 is 11.6 Å². The van der Waals surface area contributed by atoms with E-state index in [9.17, 15) is 17.6 Å². The molecule has 0 aliphatic heterocycles. The molecule has 1 atom stereocenters. The molecule has 26 heavy (non-hydrogen) atoms. The Morgan fingerprint density at radius 3 is 2.35 bits per heavy atom. The fourth-order valence-corrected chi connectivity index (χ4v) is 3.71. The summed E-state index contributed by atoms with van der Waals surface area (Å²) in [7, 11) is -2.25. The summed E-state index contributed by atoms with van der Waals surface area (Å²) in [5.41, 5.74) is 0.574. The summed E-state index contributed by atoms with van der Waals surface area (Å²) < 4.78 is 43.7. The fourth-order valence-electron chi connectivity index (χ4n) is 2.36. The van der Waals surface area contributed by atoms with Gasteiger partial charge in [-0.3, -0.25) is 9.10 Å². The van der Waals surface area contributed by atoms with E-state index < -0.39 is 27.8 Å². The van der Waals surface area contributed by atoms with Crippen LogP contribution in [0.25, 0.3) is 0 Å². The van der Waals surface area contributed by atoms with Gasteiger partial charge in [-0.2, -0.15) is 0 Å². The average molecular weight is 401 g/mol. The van der Waals surface area contributed by atoms with Gasteiger partial charge in [0.2, 0.25) is 15.9 Å². The third kappa shape index (κ3) is 4.64. The first-order valence-electron chi connectivity index (χ1n) is 7.53. The summed E-state index contributed by atoms with van der Waals surface area (Å²) in [5, 5.41) is 2.39. The molecule has 2 aromatic rings. The standard InChI is InChI=1S/C17H18ClFN2O4S/c1-11(17(22)20-12-4-9-16(19)15(18)10-12)21(26(3,23)24)13-5-7-14(25-2)8-6-13/h4-11H,1-3H3,(H,20,22). The van der Waals surface area contributed by atoms with Crippen LogP contribution in [0.4, 0.5) is 15.8 Å². The minimum Gasteiger partial charge on any atom is -0.497 e. The van der Waals surface area contributed by atoms with Crippen molar-refractivity contribution in [3.05, 3.63) is 53.3 Å². The van der Waals surface area contributed by atoms with Crippen molar-refractivity contribution in [2.45, 2.75) is 13.0 Å². The number of benzene rings is 2. The van der Waals surface area contributed by atoms with E-state index in [1.54, 1.807) is 24.3 Å². The molecular weight excluding hydrogens is 383 g/mol. The maximum absolute atomic E-state index is 13.2. The van der Waals surface area contributed by atoms with Crippen LogP contribution in [-0.2, 0) is 14.8 Å². The first-order valence-corrected chi connectivity index (χ1v) is 9.75. The molecule has 0 aromatic heterocycles. The van der Waals surface area contributed by atoms with Crippen LogP contribution in [0.5, 0.6) is 5.75 Å². The number of sulfonamides is 1. The SMILES string of the molecule is COc1ccc(N(C(C)C(=O)Nc2ccc(F)c(Cl)c2)S(C)(=O)=O)cc1. The van der Waals surface area contributed by atoms with Gasteiger partial charge in [-0.25, -0.2) is 12.8 Å². The topological polar surface area (TPSA) is 75.7 Å². The second kappa shape index (κ2) is 7.92. The number of amides is 1. The Balaban J connectivity index is 2.29. The van der Waals surface area contributed by atoms with Gasteiger partial charge in [0.25, 0.3) is 0 Å². The van der Waals surface area contributed by atoms with E-state index in [2.05, 4.69) is 5.32 Å². The number of anilines is 2. The maximum atomic E-state index is 13.2. The molecule has 0 aliphatic carbocycles. The van der Waals surface area contributed by atoms with Crippen molar-refractivity contribution in [3.8, 4) is 5.75 Å². The molecule has 6 nitrogen and oxygen atoms in total. The number of hydrogen-bond acceptors (Lipinski definition) is 4. The molecule has 0 fully saturated rings. The summed E-state index contributed by atoms with van der Waals surface area (Å²) >= 11 is 5.69. The summed E-state index contributed by atoms with van der Waals surface area (Å²) in [6.45, 7) is 1.45. The van der Waals surface area contributed by atoms with E-state index in [4.69, 9.17) is 16.3 Å². The van der Waals surface area contributed by atoms with E-state index >= 15 is 0 Å². The largest absolute Gasteiger partial charge is 0.497 e. The molecule has 0 saturated carbocycles. The summed E-state index contributed by atoms with van der Waals surface area (Å²) in [6, 6.07) is 8.92. The number of carbonyl (C=O) groups excluding carboxylic acids is 1. The molecule has 0 heterocycles. The van der Waals surface area contributed by atoms with Gasteiger partial charge in [-0.1, -0.05) is 11.6 Å². The van der Waals surface area contributed by atoms with E-state index in [-0.39, 0.29) is 10.7 Å². The highest BCUT2D eigenvalue weighted by atomic mass is 35.5. The van der Waals surface area contributed by atoms with Gasteiger partial charge in [0.15, 0.2) is 0 Å². The normalized spacial score (nSPS) is 12.3. The van der Waals surface area contributed by atoms with Crippen molar-refractivity contribution in [1.82, 2.24) is 0 Å². The molecule has 0 aliphatic rings. The zero-order chi connectivity index (χ0) is 19.5. The van der Waals surface area contributed by atoms with Crippen LogP contribution in [0.15, 0.2) is 42.5 Å². The van der Waals surface area contributed by atoms with E-state index in [1.807, 2.05) is 0 Å². The quantitative estimate of drug-likeness (QED) is 0.807. The van der Waals surface area contributed by atoms with Crippen LogP contribution in [0.3, 0.4) is 0 Å². The van der Waals surface area contributed by atoms with Crippen molar-refractivity contribution in [1.29, 1.82) is 0 Å². The van der Waals surface area contributed by atoms with Crippen molar-refractivity contribution < 1.29 is 22.3 Å². The number of rotatable bonds is 6. The number of halogens is 2. The van der Waals surface area contributed by atoms with Gasteiger partial charge in [0.05, 0.1) is 24.1 Å². The van der Waals surface area contributed by atoms with E-state index in [0.717, 1.165) is 16.6 Å². The van der Waals surface area contributed by atoms with E-state index in [1.165, 1.54) is 26.2 Å². The van der Waals surface area contributed by atoms with Crippen LogP contribution in [0.1, 0.15) is 6.92 Å². The third-order valence-electron chi connectivity index (χ3n) is 3.60. The lowest BCUT2D eigenvalue weighted by Crippen LogP contribution is -2.45. The second-order valence-corrected chi connectivity index (χ2v) is 7.82. The lowest BCUT2D eigenvalue weighted by molar-refractivity contribution is -0.116. The molecule has 1 N–H and O–H groups in total. The van der Waals surface area contributed by atoms with Crippen molar-refractivity contribution >= 4 is 38.9 Å². The molecule has 2 aromatic carbocycles. The molecule has 9 heteroatoms. The Morgan fingerprint density at radius 2 is 1.85 bits per heavy atom. The minimum absolute atomic E-state index is 0.148. The van der Waals surface area contributed by atoms with Crippen LogP contribution in [0.2, 0.25) is 5.02 Å². The number of nitrogens with zero attached hydrogens (tertiary/aromatic N) is 1.